The van der Waals surface area contributed by atoms with Crippen molar-refractivity contribution >= 4 is 43.5 Å². The molecule has 0 heterocycles. The van der Waals surface area contributed by atoms with E-state index in [9.17, 15) is 0 Å². The Balaban J connectivity index is 2.26. The van der Waals surface area contributed by atoms with E-state index in [1.54, 1.807) is 0 Å². The summed E-state index contributed by atoms with van der Waals surface area (Å²) in [6.45, 7) is 2.09. The van der Waals surface area contributed by atoms with Crippen molar-refractivity contribution in [2.24, 2.45) is 0 Å². The number of likely N-dealkylation sites (N-methyl/N-ethyl adjacent to an activating group) is 1. The lowest BCUT2D eigenvalue weighted by atomic mass is 9.98. The molecule has 0 aliphatic rings. The fraction of sp³-hybridized carbons (Fsp3) is 0.250. The molecule has 0 amide bonds. The van der Waals surface area contributed by atoms with E-state index < -0.39 is 0 Å². The van der Waals surface area contributed by atoms with Gasteiger partial charge in [-0.05, 0) is 55.3 Å². The summed E-state index contributed by atoms with van der Waals surface area (Å²) in [7, 11) is 1.98. The van der Waals surface area contributed by atoms with Crippen molar-refractivity contribution in [3.8, 4) is 0 Å². The zero-order valence-electron chi connectivity index (χ0n) is 11.4. The Kier molecular flexibility index (Phi) is 5.67. The Morgan fingerprint density at radius 1 is 1.15 bits per heavy atom. The second kappa shape index (κ2) is 7.08. The first-order valence-electron chi connectivity index (χ1n) is 6.38. The van der Waals surface area contributed by atoms with Crippen LogP contribution in [0.4, 0.5) is 0 Å². The monoisotopic (exact) mass is 415 g/mol. The quantitative estimate of drug-likeness (QED) is 0.675. The molecule has 1 unspecified atom stereocenters. The molecule has 1 N–H and O–H groups in total. The summed E-state index contributed by atoms with van der Waals surface area (Å²) in [6.07, 6.45) is 0.859. The number of benzene rings is 2. The zero-order valence-corrected chi connectivity index (χ0v) is 15.3. The van der Waals surface area contributed by atoms with Crippen molar-refractivity contribution in [1.29, 1.82) is 0 Å². The predicted molar refractivity (Wildman–Crippen MR) is 93.5 cm³/mol. The Morgan fingerprint density at radius 3 is 2.50 bits per heavy atom. The molecule has 0 fully saturated rings. The number of hydrogen-bond donors (Lipinski definition) is 1. The second-order valence-corrected chi connectivity index (χ2v) is 6.97. The molecule has 0 saturated carbocycles. The lowest BCUT2D eigenvalue weighted by Gasteiger charge is -2.18. The van der Waals surface area contributed by atoms with Crippen LogP contribution in [0, 0.1) is 6.92 Å². The van der Waals surface area contributed by atoms with Gasteiger partial charge in [0.2, 0.25) is 0 Å². The third-order valence-corrected chi connectivity index (χ3v) is 5.09. The molecule has 4 heteroatoms. The average Bonchev–Trinajstić information content (AvgIpc) is 2.41. The van der Waals surface area contributed by atoms with Gasteiger partial charge in [-0.1, -0.05) is 61.7 Å². The minimum absolute atomic E-state index is 0.241. The first-order valence-corrected chi connectivity index (χ1v) is 8.35. The van der Waals surface area contributed by atoms with Crippen LogP contribution in [0.2, 0.25) is 5.02 Å². The van der Waals surface area contributed by atoms with E-state index in [2.05, 4.69) is 68.4 Å². The molecular weight excluding hydrogens is 401 g/mol. The molecule has 0 aliphatic carbocycles. The van der Waals surface area contributed by atoms with Crippen LogP contribution >= 0.6 is 43.5 Å². The summed E-state index contributed by atoms with van der Waals surface area (Å²) in [4.78, 5) is 0. The molecule has 0 aliphatic heterocycles. The lowest BCUT2D eigenvalue weighted by Crippen LogP contribution is -2.19. The summed E-state index contributed by atoms with van der Waals surface area (Å²) in [5.74, 6) is 0. The molecule has 0 bridgehead atoms. The Bertz CT molecular complexity index is 613. The van der Waals surface area contributed by atoms with E-state index in [0.29, 0.717) is 0 Å². The first-order chi connectivity index (χ1) is 9.51. The molecule has 2 aromatic rings. The van der Waals surface area contributed by atoms with Crippen LogP contribution in [-0.4, -0.2) is 7.05 Å². The van der Waals surface area contributed by atoms with Gasteiger partial charge in [0.1, 0.15) is 0 Å². The van der Waals surface area contributed by atoms with E-state index in [0.717, 1.165) is 26.0 Å². The molecule has 0 aromatic heterocycles. The van der Waals surface area contributed by atoms with Crippen molar-refractivity contribution in [3.63, 3.8) is 0 Å². The van der Waals surface area contributed by atoms with Crippen LogP contribution < -0.4 is 5.32 Å². The summed E-state index contributed by atoms with van der Waals surface area (Å²) in [5, 5.41) is 4.16. The largest absolute Gasteiger partial charge is 0.313 e. The number of hydrogen-bond acceptors (Lipinski definition) is 1. The maximum atomic E-state index is 6.31. The van der Waals surface area contributed by atoms with Gasteiger partial charge in [0, 0.05) is 20.0 Å². The fourth-order valence-corrected chi connectivity index (χ4v) is 3.27. The topological polar surface area (TPSA) is 12.0 Å². The molecule has 2 rings (SSSR count). The molecule has 1 atom stereocenters. The average molecular weight is 418 g/mol. The third-order valence-electron chi connectivity index (χ3n) is 3.39. The minimum Gasteiger partial charge on any atom is -0.313 e. The standard InChI is InChI=1S/C16H16Br2ClN/c1-10-3-4-12(7-14(10)18)16(20-2)8-11-5-6-13(17)9-15(11)19/h3-7,9,16,20H,8H2,1-2H3. The molecule has 0 saturated heterocycles. The Morgan fingerprint density at radius 2 is 1.90 bits per heavy atom. The molecule has 0 radical (unpaired) electrons. The van der Waals surface area contributed by atoms with Crippen molar-refractivity contribution in [3.05, 3.63) is 67.1 Å². The number of halogens is 3. The zero-order chi connectivity index (χ0) is 14.7. The van der Waals surface area contributed by atoms with Crippen LogP contribution in [0.3, 0.4) is 0 Å². The van der Waals surface area contributed by atoms with Crippen LogP contribution in [0.25, 0.3) is 0 Å². The molecular formula is C16H16Br2ClN. The molecule has 20 heavy (non-hydrogen) atoms. The maximum Gasteiger partial charge on any atom is 0.0449 e. The van der Waals surface area contributed by atoms with Gasteiger partial charge in [-0.2, -0.15) is 0 Å². The second-order valence-electron chi connectivity index (χ2n) is 4.79. The van der Waals surface area contributed by atoms with Crippen LogP contribution in [0.1, 0.15) is 22.7 Å². The highest BCUT2D eigenvalue weighted by Gasteiger charge is 2.13. The Hall–Kier alpha value is -0.350. The number of aryl methyl sites for hydroxylation is 1. The first kappa shape index (κ1) is 16.0. The van der Waals surface area contributed by atoms with Crippen molar-refractivity contribution < 1.29 is 0 Å². The summed E-state index contributed by atoms with van der Waals surface area (Å²) >= 11 is 13.3. The number of rotatable bonds is 4. The lowest BCUT2D eigenvalue weighted by molar-refractivity contribution is 0.591. The highest BCUT2D eigenvalue weighted by atomic mass is 79.9. The van der Waals surface area contributed by atoms with Crippen molar-refractivity contribution in [2.45, 2.75) is 19.4 Å². The number of nitrogens with one attached hydrogen (secondary N) is 1. The van der Waals surface area contributed by atoms with Crippen LogP contribution in [0.5, 0.6) is 0 Å². The molecule has 106 valence electrons. The summed E-state index contributed by atoms with van der Waals surface area (Å²) in [5.41, 5.74) is 3.64. The minimum atomic E-state index is 0.241. The fourth-order valence-electron chi connectivity index (χ4n) is 2.12. The van der Waals surface area contributed by atoms with Crippen LogP contribution in [-0.2, 0) is 6.42 Å². The normalized spacial score (nSPS) is 12.4. The molecule has 2 aromatic carbocycles. The van der Waals surface area contributed by atoms with Crippen LogP contribution in [0.15, 0.2) is 45.3 Å². The van der Waals surface area contributed by atoms with Gasteiger partial charge in [0.05, 0.1) is 0 Å². The van der Waals surface area contributed by atoms with Gasteiger partial charge in [0.25, 0.3) is 0 Å². The van der Waals surface area contributed by atoms with E-state index >= 15 is 0 Å². The summed E-state index contributed by atoms with van der Waals surface area (Å²) < 4.78 is 2.14. The van der Waals surface area contributed by atoms with E-state index in [4.69, 9.17) is 11.6 Å². The molecule has 0 spiro atoms. The van der Waals surface area contributed by atoms with Gasteiger partial charge in [-0.15, -0.1) is 0 Å². The van der Waals surface area contributed by atoms with Gasteiger partial charge >= 0.3 is 0 Å². The van der Waals surface area contributed by atoms with Gasteiger partial charge in [-0.3, -0.25) is 0 Å². The Labute approximate surface area is 142 Å². The molecule has 1 nitrogen and oxygen atoms in total. The maximum absolute atomic E-state index is 6.31. The van der Waals surface area contributed by atoms with E-state index in [-0.39, 0.29) is 6.04 Å². The van der Waals surface area contributed by atoms with Crippen molar-refractivity contribution in [1.82, 2.24) is 5.32 Å². The SMILES string of the molecule is CNC(Cc1ccc(Br)cc1Cl)c1ccc(C)c(Br)c1. The predicted octanol–water partition coefficient (Wildman–Crippen LogP) is 5.68. The third kappa shape index (κ3) is 3.85. The summed E-state index contributed by atoms with van der Waals surface area (Å²) in [6, 6.07) is 12.7. The highest BCUT2D eigenvalue weighted by molar-refractivity contribution is 9.10. The van der Waals surface area contributed by atoms with Crippen molar-refractivity contribution in [2.75, 3.05) is 7.05 Å². The van der Waals surface area contributed by atoms with Gasteiger partial charge < -0.3 is 5.32 Å². The van der Waals surface area contributed by atoms with E-state index in [1.165, 1.54) is 11.1 Å². The van der Waals surface area contributed by atoms with Gasteiger partial charge in [-0.25, -0.2) is 0 Å². The van der Waals surface area contributed by atoms with Gasteiger partial charge in [0.15, 0.2) is 0 Å². The highest BCUT2D eigenvalue weighted by Crippen LogP contribution is 2.28. The smallest absolute Gasteiger partial charge is 0.0449 e. The van der Waals surface area contributed by atoms with E-state index in [1.807, 2.05) is 19.2 Å².